The van der Waals surface area contributed by atoms with Crippen molar-refractivity contribution in [2.75, 3.05) is 13.2 Å². The van der Waals surface area contributed by atoms with Crippen LogP contribution in [-0.4, -0.2) is 36.5 Å². The Labute approximate surface area is 395 Å². The van der Waals surface area contributed by atoms with Crippen LogP contribution >= 0.6 is 22.7 Å². The van der Waals surface area contributed by atoms with E-state index in [1.165, 1.54) is 126 Å². The van der Waals surface area contributed by atoms with E-state index < -0.39 is 11.9 Å². The minimum Gasteiger partial charge on any atom is -0.462 e. The lowest BCUT2D eigenvalue weighted by Gasteiger charge is -2.29. The standard InChI is InChI=1S/C56H52BN3O4S2/c1-5-9-11-13-15-37-27-43-44-28-38(16-14-12-10-6-2)30-46-52(44)60-51(43)45(29-37)53-47(31-49(65-53)39-21-17-35(18-22-39)25-41(33-58)55(61)63-7-3)57(60)48-32-50(66-54(46)48)40-23-19-36(20-24-40)26-42(34-59)56(62)64-8-4/h17-32H,5-16H2,1-4H3/b41-25+,42-26+. The fourth-order valence-corrected chi connectivity index (χ4v) is 12.1. The van der Waals surface area contributed by atoms with Crippen molar-refractivity contribution >= 4 is 86.3 Å². The van der Waals surface area contributed by atoms with Crippen molar-refractivity contribution in [1.29, 1.82) is 10.5 Å². The maximum Gasteiger partial charge on any atom is 0.348 e. The molecule has 0 N–H and O–H groups in total. The summed E-state index contributed by atoms with van der Waals surface area (Å²) in [5.41, 5.74) is 14.3. The molecule has 0 unspecified atom stereocenters. The van der Waals surface area contributed by atoms with Crippen LogP contribution in [0.1, 0.15) is 101 Å². The molecule has 9 rings (SSSR count). The lowest BCUT2D eigenvalue weighted by atomic mass is 9.47. The molecule has 0 fully saturated rings. The van der Waals surface area contributed by atoms with Gasteiger partial charge in [-0.25, -0.2) is 9.59 Å². The van der Waals surface area contributed by atoms with Gasteiger partial charge in [-0.1, -0.05) is 101 Å². The highest BCUT2D eigenvalue weighted by Gasteiger charge is 2.42. The highest BCUT2D eigenvalue weighted by molar-refractivity contribution is 7.23. The monoisotopic (exact) mass is 905 g/mol. The summed E-state index contributed by atoms with van der Waals surface area (Å²) in [6, 6.07) is 34.9. The topological polar surface area (TPSA) is 105 Å². The van der Waals surface area contributed by atoms with Gasteiger partial charge in [-0.2, -0.15) is 10.5 Å². The Bertz CT molecular complexity index is 2940. The molecule has 0 saturated heterocycles. The predicted octanol–water partition coefficient (Wildman–Crippen LogP) is 13.1. The van der Waals surface area contributed by atoms with Crippen molar-refractivity contribution in [2.45, 2.75) is 91.9 Å². The number of fused-ring (bicyclic) bond motifs is 7. The van der Waals surface area contributed by atoms with E-state index in [-0.39, 0.29) is 31.2 Å². The number of hydrogen-bond acceptors (Lipinski definition) is 8. The van der Waals surface area contributed by atoms with Gasteiger partial charge >= 0.3 is 18.8 Å². The zero-order valence-electron chi connectivity index (χ0n) is 38.1. The average molecular weight is 906 g/mol. The second kappa shape index (κ2) is 19.6. The first-order valence-corrected chi connectivity index (χ1v) is 25.1. The van der Waals surface area contributed by atoms with E-state index in [4.69, 9.17) is 9.47 Å². The molecule has 66 heavy (non-hydrogen) atoms. The third-order valence-corrected chi connectivity index (χ3v) is 15.3. The molecule has 0 amide bonds. The van der Waals surface area contributed by atoms with Crippen LogP contribution in [0.25, 0.3) is 75.7 Å². The first kappa shape index (κ1) is 44.7. The normalized spacial score (nSPS) is 12.6. The molecule has 7 aromatic rings. The van der Waals surface area contributed by atoms with Crippen LogP contribution in [0.15, 0.2) is 96.1 Å². The summed E-state index contributed by atoms with van der Waals surface area (Å²) >= 11 is 3.70. The third-order valence-electron chi connectivity index (χ3n) is 12.9. The number of esters is 2. The van der Waals surface area contributed by atoms with Gasteiger partial charge in [-0.05, 0) is 132 Å². The first-order valence-electron chi connectivity index (χ1n) is 23.5. The fourth-order valence-electron chi connectivity index (χ4n) is 9.71. The Morgan fingerprint density at radius 1 is 0.591 bits per heavy atom. The predicted molar refractivity (Wildman–Crippen MR) is 273 cm³/mol. The summed E-state index contributed by atoms with van der Waals surface area (Å²) in [6.45, 7) is 8.38. The van der Waals surface area contributed by atoms with Crippen molar-refractivity contribution in [2.24, 2.45) is 0 Å². The molecule has 0 atom stereocenters. The number of ether oxygens (including phenoxy) is 2. The molecule has 4 aromatic carbocycles. The number of hydrogen-bond donors (Lipinski definition) is 0. The van der Waals surface area contributed by atoms with Crippen LogP contribution < -0.4 is 10.9 Å². The third kappa shape index (κ3) is 8.45. The second-order valence-corrected chi connectivity index (χ2v) is 19.4. The molecule has 0 aliphatic carbocycles. The zero-order chi connectivity index (χ0) is 45.9. The van der Waals surface area contributed by atoms with Gasteiger partial charge in [-0.15, -0.1) is 22.7 Å². The Hall–Kier alpha value is -6.46. The zero-order valence-corrected chi connectivity index (χ0v) is 39.7. The minimum absolute atomic E-state index is 0.0231. The summed E-state index contributed by atoms with van der Waals surface area (Å²) in [5, 5.41) is 22.0. The molecule has 2 aliphatic heterocycles. The molecule has 0 bridgehead atoms. The van der Waals surface area contributed by atoms with Crippen molar-refractivity contribution in [1.82, 2.24) is 4.48 Å². The van der Waals surface area contributed by atoms with Gasteiger partial charge < -0.3 is 14.0 Å². The number of thiophene rings is 2. The van der Waals surface area contributed by atoms with E-state index in [1.807, 2.05) is 59.1 Å². The molecule has 7 nitrogen and oxygen atoms in total. The molecule has 0 spiro atoms. The molecule has 10 heteroatoms. The molecule has 3 aromatic heterocycles. The summed E-state index contributed by atoms with van der Waals surface area (Å²) < 4.78 is 12.9. The first-order chi connectivity index (χ1) is 32.3. The van der Waals surface area contributed by atoms with Gasteiger partial charge in [0.25, 0.3) is 0 Å². The lowest BCUT2D eigenvalue weighted by molar-refractivity contribution is -0.138. The highest BCUT2D eigenvalue weighted by Crippen LogP contribution is 2.50. The molecular weight excluding hydrogens is 854 g/mol. The molecule has 5 heterocycles. The smallest absolute Gasteiger partial charge is 0.348 e. The van der Waals surface area contributed by atoms with Crippen LogP contribution in [0.3, 0.4) is 0 Å². The van der Waals surface area contributed by atoms with E-state index >= 15 is 0 Å². The molecule has 2 aliphatic rings. The van der Waals surface area contributed by atoms with Gasteiger partial charge in [0.2, 0.25) is 0 Å². The largest absolute Gasteiger partial charge is 0.462 e. The Morgan fingerprint density at radius 2 is 1.02 bits per heavy atom. The molecule has 0 saturated carbocycles. The summed E-state index contributed by atoms with van der Waals surface area (Å²) in [6.07, 6.45) is 15.0. The number of unbranched alkanes of at least 4 members (excludes halogenated alkanes) is 6. The summed E-state index contributed by atoms with van der Waals surface area (Å²) in [5.74, 6) is -1.23. The van der Waals surface area contributed by atoms with Crippen LogP contribution in [-0.2, 0) is 31.9 Å². The average Bonchev–Trinajstić information content (AvgIpc) is 4.07. The van der Waals surface area contributed by atoms with E-state index in [0.717, 1.165) is 35.1 Å². The Kier molecular flexibility index (Phi) is 13.3. The van der Waals surface area contributed by atoms with Crippen molar-refractivity contribution in [3.8, 4) is 53.9 Å². The van der Waals surface area contributed by atoms with Gasteiger partial charge in [0.15, 0.2) is 0 Å². The number of rotatable bonds is 18. The van der Waals surface area contributed by atoms with Crippen LogP contribution in [0.4, 0.5) is 0 Å². The van der Waals surface area contributed by atoms with Crippen LogP contribution in [0.2, 0.25) is 0 Å². The highest BCUT2D eigenvalue weighted by atomic mass is 32.1. The Morgan fingerprint density at radius 3 is 1.39 bits per heavy atom. The summed E-state index contributed by atoms with van der Waals surface area (Å²) in [4.78, 5) is 29.7. The second-order valence-electron chi connectivity index (χ2n) is 17.3. The van der Waals surface area contributed by atoms with Gasteiger partial charge in [0.05, 0.1) is 13.2 Å². The Balaban J connectivity index is 1.21. The molecule has 0 radical (unpaired) electrons. The van der Waals surface area contributed by atoms with Gasteiger partial charge in [0, 0.05) is 52.4 Å². The SMILES string of the molecule is CCCCCCc1cc2c3c(c1)c1cc(CCCCCC)cc4c1n3B(c1cc(-c3ccc(/C=C(\C#N)C(=O)OCC)cc3)sc1-2)c1cc(-c2ccc(/C=C(\C#N)C(=O)OCC)cc2)sc1-4. The van der Waals surface area contributed by atoms with Crippen molar-refractivity contribution in [3.63, 3.8) is 0 Å². The maximum atomic E-state index is 12.4. The van der Waals surface area contributed by atoms with Crippen molar-refractivity contribution < 1.29 is 19.1 Å². The van der Waals surface area contributed by atoms with Crippen LogP contribution in [0, 0.1) is 22.7 Å². The van der Waals surface area contributed by atoms with Crippen molar-refractivity contribution in [3.05, 3.63) is 118 Å². The molecular formula is C56H52BN3O4S2. The van der Waals surface area contributed by atoms with E-state index in [9.17, 15) is 20.1 Å². The molecule has 330 valence electrons. The minimum atomic E-state index is -0.616. The maximum absolute atomic E-state index is 12.4. The number of nitriles is 2. The number of carbonyl (C=O) groups excluding carboxylic acids is 2. The lowest BCUT2D eigenvalue weighted by Crippen LogP contribution is -2.52. The number of benzene rings is 4. The number of nitrogens with zero attached hydrogens (tertiary/aromatic N) is 3. The van der Waals surface area contributed by atoms with Gasteiger partial charge in [-0.3, -0.25) is 0 Å². The van der Waals surface area contributed by atoms with E-state index in [1.54, 1.807) is 26.0 Å². The number of carbonyl (C=O) groups is 2. The van der Waals surface area contributed by atoms with Crippen LogP contribution in [0.5, 0.6) is 0 Å². The number of aromatic nitrogens is 1. The summed E-state index contributed by atoms with van der Waals surface area (Å²) in [7, 11) is 0. The van der Waals surface area contributed by atoms with E-state index in [2.05, 4.69) is 79.0 Å². The fraction of sp³-hybridized carbons (Fsp3) is 0.286. The van der Waals surface area contributed by atoms with Gasteiger partial charge in [0.1, 0.15) is 23.3 Å². The quantitative estimate of drug-likeness (QED) is 0.0279. The van der Waals surface area contributed by atoms with E-state index in [0.29, 0.717) is 0 Å². The number of aryl methyl sites for hydroxylation is 2.